The summed E-state index contributed by atoms with van der Waals surface area (Å²) < 4.78 is 10.7. The van der Waals surface area contributed by atoms with Crippen LogP contribution in [0.4, 0.5) is 0 Å². The second-order valence-electron chi connectivity index (χ2n) is 4.11. The van der Waals surface area contributed by atoms with E-state index in [0.29, 0.717) is 29.9 Å². The minimum absolute atomic E-state index is 0.0107. The minimum Gasteiger partial charge on any atom is -0.478 e. The molecule has 1 aliphatic heterocycles. The lowest BCUT2D eigenvalue weighted by molar-refractivity contribution is -0.0807. The van der Waals surface area contributed by atoms with Crippen molar-refractivity contribution < 1.29 is 19.4 Å². The van der Waals surface area contributed by atoms with Crippen LogP contribution in [0, 0.1) is 0 Å². The second-order valence-corrected chi connectivity index (χ2v) is 4.11. The van der Waals surface area contributed by atoms with Crippen LogP contribution in [0.1, 0.15) is 10.4 Å². The summed E-state index contributed by atoms with van der Waals surface area (Å²) in [5.41, 5.74) is 0.183. The maximum atomic E-state index is 11.1. The van der Waals surface area contributed by atoms with E-state index < -0.39 is 5.97 Å². The van der Waals surface area contributed by atoms with Gasteiger partial charge in [-0.05, 0) is 6.07 Å². The van der Waals surface area contributed by atoms with E-state index >= 15 is 0 Å². The van der Waals surface area contributed by atoms with Crippen molar-refractivity contribution >= 4 is 16.7 Å². The number of benzene rings is 1. The monoisotopic (exact) mass is 245 g/mol. The molecule has 0 radical (unpaired) electrons. The number of carboxylic acid groups (broad SMARTS) is 1. The van der Waals surface area contributed by atoms with E-state index in [9.17, 15) is 4.79 Å². The van der Waals surface area contributed by atoms with Gasteiger partial charge in [0.25, 0.3) is 0 Å². The standard InChI is InChI=1S/C13H11NO4/c15-13(16)11-5-14-12(18-8-6-17-7-8)10-4-2-1-3-9(10)11/h1-5,8H,6-7H2,(H,15,16). The number of ether oxygens (including phenoxy) is 2. The number of rotatable bonds is 3. The van der Waals surface area contributed by atoms with Gasteiger partial charge in [0, 0.05) is 17.0 Å². The molecule has 3 rings (SSSR count). The number of fused-ring (bicyclic) bond motifs is 1. The molecule has 0 saturated carbocycles. The molecule has 0 atom stereocenters. The van der Waals surface area contributed by atoms with Crippen molar-refractivity contribution in [3.8, 4) is 5.88 Å². The molecule has 5 nitrogen and oxygen atoms in total. The highest BCUT2D eigenvalue weighted by molar-refractivity contribution is 6.04. The van der Waals surface area contributed by atoms with Crippen molar-refractivity contribution in [2.24, 2.45) is 0 Å². The average molecular weight is 245 g/mol. The Hall–Kier alpha value is -2.14. The van der Waals surface area contributed by atoms with Crippen molar-refractivity contribution in [2.45, 2.75) is 6.10 Å². The van der Waals surface area contributed by atoms with Crippen LogP contribution >= 0.6 is 0 Å². The largest absolute Gasteiger partial charge is 0.478 e. The lowest BCUT2D eigenvalue weighted by Crippen LogP contribution is -2.38. The van der Waals surface area contributed by atoms with Crippen LogP contribution in [-0.2, 0) is 4.74 Å². The van der Waals surface area contributed by atoms with Crippen LogP contribution in [0.2, 0.25) is 0 Å². The van der Waals surface area contributed by atoms with Gasteiger partial charge in [-0.25, -0.2) is 9.78 Å². The predicted molar refractivity (Wildman–Crippen MR) is 63.9 cm³/mol. The van der Waals surface area contributed by atoms with Gasteiger partial charge in [-0.1, -0.05) is 18.2 Å². The smallest absolute Gasteiger partial charge is 0.337 e. The second kappa shape index (κ2) is 4.27. The maximum absolute atomic E-state index is 11.1. The molecule has 1 aromatic carbocycles. The third-order valence-electron chi connectivity index (χ3n) is 2.87. The summed E-state index contributed by atoms with van der Waals surface area (Å²) in [4.78, 5) is 15.2. The SMILES string of the molecule is O=C(O)c1cnc(OC2COC2)c2ccccc12. The highest BCUT2D eigenvalue weighted by atomic mass is 16.6. The number of aromatic nitrogens is 1. The Morgan fingerprint density at radius 3 is 2.67 bits per heavy atom. The van der Waals surface area contributed by atoms with Gasteiger partial charge < -0.3 is 14.6 Å². The normalized spacial score (nSPS) is 15.3. The summed E-state index contributed by atoms with van der Waals surface area (Å²) in [6, 6.07) is 7.19. The van der Waals surface area contributed by atoms with Crippen molar-refractivity contribution in [3.05, 3.63) is 36.0 Å². The van der Waals surface area contributed by atoms with Gasteiger partial charge in [0.05, 0.1) is 18.8 Å². The van der Waals surface area contributed by atoms with E-state index in [1.165, 1.54) is 6.20 Å². The van der Waals surface area contributed by atoms with Gasteiger partial charge >= 0.3 is 5.97 Å². The molecule has 18 heavy (non-hydrogen) atoms. The van der Waals surface area contributed by atoms with E-state index in [1.807, 2.05) is 12.1 Å². The molecular weight excluding hydrogens is 234 g/mol. The van der Waals surface area contributed by atoms with Gasteiger partial charge in [0.1, 0.15) is 6.10 Å². The van der Waals surface area contributed by atoms with Crippen molar-refractivity contribution in [1.29, 1.82) is 0 Å². The van der Waals surface area contributed by atoms with Gasteiger partial charge in [-0.3, -0.25) is 0 Å². The highest BCUT2D eigenvalue weighted by Crippen LogP contribution is 2.27. The lowest BCUT2D eigenvalue weighted by Gasteiger charge is -2.26. The fraction of sp³-hybridized carbons (Fsp3) is 0.231. The predicted octanol–water partition coefficient (Wildman–Crippen LogP) is 1.71. The molecule has 1 fully saturated rings. The van der Waals surface area contributed by atoms with Crippen molar-refractivity contribution in [2.75, 3.05) is 13.2 Å². The summed E-state index contributed by atoms with van der Waals surface area (Å²) >= 11 is 0. The summed E-state index contributed by atoms with van der Waals surface area (Å²) in [5.74, 6) is -0.527. The quantitative estimate of drug-likeness (QED) is 0.891. The number of nitrogens with zero attached hydrogens (tertiary/aromatic N) is 1. The molecule has 0 amide bonds. The molecule has 1 N–H and O–H groups in total. The lowest BCUT2D eigenvalue weighted by atomic mass is 10.1. The Morgan fingerprint density at radius 1 is 1.33 bits per heavy atom. The first-order valence-electron chi connectivity index (χ1n) is 5.61. The first kappa shape index (κ1) is 11.0. The summed E-state index contributed by atoms with van der Waals surface area (Å²) in [5, 5.41) is 10.5. The van der Waals surface area contributed by atoms with Crippen molar-refractivity contribution in [3.63, 3.8) is 0 Å². The fourth-order valence-electron chi connectivity index (χ4n) is 1.87. The van der Waals surface area contributed by atoms with Crippen LogP contribution in [0.5, 0.6) is 5.88 Å². The Morgan fingerprint density at radius 2 is 2.06 bits per heavy atom. The number of hydrogen-bond acceptors (Lipinski definition) is 4. The van der Waals surface area contributed by atoms with Crippen LogP contribution in [0.15, 0.2) is 30.5 Å². The zero-order chi connectivity index (χ0) is 12.5. The van der Waals surface area contributed by atoms with E-state index in [0.717, 1.165) is 0 Å². The molecule has 1 saturated heterocycles. The van der Waals surface area contributed by atoms with Crippen LogP contribution in [-0.4, -0.2) is 35.4 Å². The Labute approximate surface area is 103 Å². The number of carbonyl (C=O) groups is 1. The number of pyridine rings is 1. The van der Waals surface area contributed by atoms with Crippen molar-refractivity contribution in [1.82, 2.24) is 4.98 Å². The molecule has 1 aliphatic rings. The van der Waals surface area contributed by atoms with E-state index in [4.69, 9.17) is 14.6 Å². The molecular formula is C13H11NO4. The van der Waals surface area contributed by atoms with Gasteiger partial charge in [-0.15, -0.1) is 0 Å². The Kier molecular flexibility index (Phi) is 2.60. The van der Waals surface area contributed by atoms with Gasteiger partial charge in [-0.2, -0.15) is 0 Å². The topological polar surface area (TPSA) is 68.7 Å². The molecule has 0 unspecified atom stereocenters. The Bertz CT molecular complexity index is 607. The summed E-state index contributed by atoms with van der Waals surface area (Å²) in [7, 11) is 0. The molecule has 0 spiro atoms. The summed E-state index contributed by atoms with van der Waals surface area (Å²) in [6.07, 6.45) is 1.34. The minimum atomic E-state index is -0.989. The zero-order valence-corrected chi connectivity index (χ0v) is 9.50. The number of hydrogen-bond donors (Lipinski definition) is 1. The summed E-state index contributed by atoms with van der Waals surface area (Å²) in [6.45, 7) is 1.10. The molecule has 2 aromatic rings. The average Bonchev–Trinajstić information content (AvgIpc) is 2.33. The molecule has 0 bridgehead atoms. The van der Waals surface area contributed by atoms with Gasteiger partial charge in [0.2, 0.25) is 5.88 Å². The van der Waals surface area contributed by atoms with Crippen LogP contribution in [0.3, 0.4) is 0 Å². The van der Waals surface area contributed by atoms with Gasteiger partial charge in [0.15, 0.2) is 0 Å². The first-order chi connectivity index (χ1) is 8.75. The fourth-order valence-corrected chi connectivity index (χ4v) is 1.87. The highest BCUT2D eigenvalue weighted by Gasteiger charge is 2.22. The molecule has 5 heteroatoms. The van der Waals surface area contributed by atoms with E-state index in [-0.39, 0.29) is 11.7 Å². The third-order valence-corrected chi connectivity index (χ3v) is 2.87. The molecule has 1 aromatic heterocycles. The zero-order valence-electron chi connectivity index (χ0n) is 9.50. The number of carboxylic acids is 1. The first-order valence-corrected chi connectivity index (χ1v) is 5.61. The Balaban J connectivity index is 2.10. The molecule has 0 aliphatic carbocycles. The maximum Gasteiger partial charge on any atom is 0.337 e. The molecule has 2 heterocycles. The van der Waals surface area contributed by atoms with E-state index in [1.54, 1.807) is 12.1 Å². The van der Waals surface area contributed by atoms with E-state index in [2.05, 4.69) is 4.98 Å². The third kappa shape index (κ3) is 1.78. The van der Waals surface area contributed by atoms with Crippen LogP contribution < -0.4 is 4.74 Å². The molecule has 92 valence electrons. The number of aromatic carboxylic acids is 1. The van der Waals surface area contributed by atoms with Crippen LogP contribution in [0.25, 0.3) is 10.8 Å².